The minimum absolute atomic E-state index is 0.396. The van der Waals surface area contributed by atoms with Crippen LogP contribution in [0.1, 0.15) is 20.3 Å². The number of nitrogens with two attached hydrogens (primary N) is 1. The van der Waals surface area contributed by atoms with E-state index in [9.17, 15) is 4.79 Å². The van der Waals surface area contributed by atoms with Gasteiger partial charge in [0.2, 0.25) is 5.91 Å². The van der Waals surface area contributed by atoms with E-state index in [-0.39, 0.29) is 0 Å². The largest absolute Gasteiger partial charge is 0.366 e. The molecule has 2 nitrogen and oxygen atoms in total. The highest BCUT2D eigenvalue weighted by atomic mass is 16.1. The molecule has 0 bridgehead atoms. The summed E-state index contributed by atoms with van der Waals surface area (Å²) in [5.41, 5.74) is 6.02. The first-order valence-electron chi connectivity index (χ1n) is 3.33. The number of hydrogen-bond donors (Lipinski definition) is 1. The Labute approximate surface area is 61.4 Å². The van der Waals surface area contributed by atoms with Crippen molar-refractivity contribution in [2.24, 2.45) is 5.73 Å². The molecule has 0 heterocycles. The second kappa shape index (κ2) is 4.79. The highest BCUT2D eigenvalue weighted by Crippen LogP contribution is 2.00. The number of hydrogen-bond acceptors (Lipinski definition) is 1. The van der Waals surface area contributed by atoms with Gasteiger partial charge in [-0.2, -0.15) is 0 Å². The van der Waals surface area contributed by atoms with Gasteiger partial charge in [-0.05, 0) is 13.3 Å². The van der Waals surface area contributed by atoms with Crippen LogP contribution < -0.4 is 5.73 Å². The molecule has 1 amide bonds. The molecule has 2 N–H and O–H groups in total. The second-order valence-electron chi connectivity index (χ2n) is 1.95. The van der Waals surface area contributed by atoms with E-state index in [4.69, 9.17) is 5.73 Å². The average Bonchev–Trinajstić information content (AvgIpc) is 1.90. The summed E-state index contributed by atoms with van der Waals surface area (Å²) in [6.07, 6.45) is 6.00. The summed E-state index contributed by atoms with van der Waals surface area (Å²) >= 11 is 0. The first-order valence-corrected chi connectivity index (χ1v) is 3.33. The van der Waals surface area contributed by atoms with E-state index < -0.39 is 5.91 Å². The monoisotopic (exact) mass is 139 g/mol. The van der Waals surface area contributed by atoms with Crippen LogP contribution in [0, 0.1) is 0 Å². The van der Waals surface area contributed by atoms with Gasteiger partial charge >= 0.3 is 0 Å². The highest BCUT2D eigenvalue weighted by Gasteiger charge is 1.85. The molecule has 0 saturated heterocycles. The van der Waals surface area contributed by atoms with Crippen molar-refractivity contribution in [3.8, 4) is 0 Å². The SMILES string of the molecule is C/C=C(/C=C/C(N)=O)CC. The van der Waals surface area contributed by atoms with Gasteiger partial charge in [0, 0.05) is 6.08 Å². The molecule has 10 heavy (non-hydrogen) atoms. The van der Waals surface area contributed by atoms with E-state index in [1.54, 1.807) is 6.08 Å². The zero-order valence-electron chi connectivity index (χ0n) is 6.42. The van der Waals surface area contributed by atoms with Gasteiger partial charge in [0.15, 0.2) is 0 Å². The van der Waals surface area contributed by atoms with Crippen molar-refractivity contribution < 1.29 is 4.79 Å². The third-order valence-electron chi connectivity index (χ3n) is 1.24. The summed E-state index contributed by atoms with van der Waals surface area (Å²) in [4.78, 5) is 10.2. The lowest BCUT2D eigenvalue weighted by Crippen LogP contribution is -2.05. The van der Waals surface area contributed by atoms with Crippen LogP contribution in [0.4, 0.5) is 0 Å². The summed E-state index contributed by atoms with van der Waals surface area (Å²) < 4.78 is 0. The van der Waals surface area contributed by atoms with Crippen LogP contribution in [0.3, 0.4) is 0 Å². The van der Waals surface area contributed by atoms with Crippen LogP contribution in [0.5, 0.6) is 0 Å². The summed E-state index contributed by atoms with van der Waals surface area (Å²) in [6.45, 7) is 3.96. The van der Waals surface area contributed by atoms with Gasteiger partial charge in [0.1, 0.15) is 0 Å². The summed E-state index contributed by atoms with van der Waals surface area (Å²) in [5.74, 6) is -0.396. The van der Waals surface area contributed by atoms with Crippen LogP contribution >= 0.6 is 0 Å². The minimum atomic E-state index is -0.396. The van der Waals surface area contributed by atoms with E-state index in [0.29, 0.717) is 0 Å². The Bertz CT molecular complexity index is 168. The maximum Gasteiger partial charge on any atom is 0.241 e. The smallest absolute Gasteiger partial charge is 0.241 e. The van der Waals surface area contributed by atoms with Crippen molar-refractivity contribution in [2.75, 3.05) is 0 Å². The Morgan fingerprint density at radius 1 is 1.50 bits per heavy atom. The summed E-state index contributed by atoms with van der Waals surface area (Å²) in [7, 11) is 0. The molecule has 0 aromatic heterocycles. The fourth-order valence-electron chi connectivity index (χ4n) is 0.607. The molecule has 0 saturated carbocycles. The van der Waals surface area contributed by atoms with E-state index in [1.165, 1.54) is 6.08 Å². The molecule has 0 aliphatic rings. The molecular weight excluding hydrogens is 126 g/mol. The fraction of sp³-hybridized carbons (Fsp3) is 0.375. The molecule has 0 aliphatic heterocycles. The van der Waals surface area contributed by atoms with E-state index >= 15 is 0 Å². The molecule has 0 spiro atoms. The Morgan fingerprint density at radius 3 is 2.40 bits per heavy atom. The minimum Gasteiger partial charge on any atom is -0.366 e. The van der Waals surface area contributed by atoms with Crippen LogP contribution in [-0.4, -0.2) is 5.91 Å². The highest BCUT2D eigenvalue weighted by molar-refractivity contribution is 5.86. The Hall–Kier alpha value is -1.05. The van der Waals surface area contributed by atoms with Crippen LogP contribution in [0.2, 0.25) is 0 Å². The quantitative estimate of drug-likeness (QED) is 0.466. The van der Waals surface area contributed by atoms with Crippen molar-refractivity contribution in [3.63, 3.8) is 0 Å². The zero-order chi connectivity index (χ0) is 7.98. The molecule has 0 rings (SSSR count). The summed E-state index contributed by atoms with van der Waals surface area (Å²) in [5, 5.41) is 0. The first-order chi connectivity index (χ1) is 4.70. The first kappa shape index (κ1) is 8.95. The summed E-state index contributed by atoms with van der Waals surface area (Å²) in [6, 6.07) is 0. The zero-order valence-corrected chi connectivity index (χ0v) is 6.42. The molecule has 0 unspecified atom stereocenters. The normalized spacial score (nSPS) is 12.4. The van der Waals surface area contributed by atoms with Crippen molar-refractivity contribution in [2.45, 2.75) is 20.3 Å². The molecule has 0 atom stereocenters. The Kier molecular flexibility index (Phi) is 4.29. The number of carbonyl (C=O) groups excluding carboxylic acids is 1. The molecule has 0 aromatic carbocycles. The van der Waals surface area contributed by atoms with Crippen LogP contribution in [0.25, 0.3) is 0 Å². The third kappa shape index (κ3) is 3.89. The predicted octanol–water partition coefficient (Wildman–Crippen LogP) is 1.38. The average molecular weight is 139 g/mol. The maximum atomic E-state index is 10.2. The van der Waals surface area contributed by atoms with Gasteiger partial charge in [-0.1, -0.05) is 24.6 Å². The van der Waals surface area contributed by atoms with Gasteiger partial charge < -0.3 is 5.73 Å². The van der Waals surface area contributed by atoms with Gasteiger partial charge in [-0.25, -0.2) is 0 Å². The number of amides is 1. The lowest BCUT2D eigenvalue weighted by molar-refractivity contribution is -0.113. The van der Waals surface area contributed by atoms with Crippen LogP contribution in [-0.2, 0) is 4.79 Å². The van der Waals surface area contributed by atoms with Crippen molar-refractivity contribution >= 4 is 5.91 Å². The van der Waals surface area contributed by atoms with E-state index in [0.717, 1.165) is 12.0 Å². The molecule has 0 aromatic rings. The van der Waals surface area contributed by atoms with E-state index in [2.05, 4.69) is 0 Å². The molecular formula is C8H13NO. The maximum absolute atomic E-state index is 10.2. The second-order valence-corrected chi connectivity index (χ2v) is 1.95. The van der Waals surface area contributed by atoms with Crippen LogP contribution in [0.15, 0.2) is 23.8 Å². The molecule has 0 fully saturated rings. The fourth-order valence-corrected chi connectivity index (χ4v) is 0.607. The standard InChI is InChI=1S/C8H13NO/c1-3-7(4-2)5-6-8(9)10/h3,5-6H,4H2,1-2H3,(H2,9,10)/b6-5+,7-3+. The van der Waals surface area contributed by atoms with Gasteiger partial charge in [0.25, 0.3) is 0 Å². The van der Waals surface area contributed by atoms with Gasteiger partial charge in [-0.15, -0.1) is 0 Å². The lowest BCUT2D eigenvalue weighted by Gasteiger charge is -1.91. The van der Waals surface area contributed by atoms with Crippen molar-refractivity contribution in [3.05, 3.63) is 23.8 Å². The topological polar surface area (TPSA) is 43.1 Å². The number of primary amides is 1. The number of carbonyl (C=O) groups is 1. The predicted molar refractivity (Wildman–Crippen MR) is 42.4 cm³/mol. The van der Waals surface area contributed by atoms with Gasteiger partial charge in [-0.3, -0.25) is 4.79 Å². The molecule has 2 heteroatoms. The molecule has 0 radical (unpaired) electrons. The van der Waals surface area contributed by atoms with E-state index in [1.807, 2.05) is 19.9 Å². The third-order valence-corrected chi connectivity index (χ3v) is 1.24. The van der Waals surface area contributed by atoms with Crippen molar-refractivity contribution in [1.29, 1.82) is 0 Å². The number of allylic oxidation sites excluding steroid dienone is 3. The van der Waals surface area contributed by atoms with Gasteiger partial charge in [0.05, 0.1) is 0 Å². The molecule has 0 aliphatic carbocycles. The lowest BCUT2D eigenvalue weighted by atomic mass is 10.2. The Balaban J connectivity index is 3.98. The van der Waals surface area contributed by atoms with Crippen molar-refractivity contribution in [1.82, 2.24) is 0 Å². The molecule has 56 valence electrons. The number of rotatable bonds is 3. The Morgan fingerprint density at radius 2 is 2.10 bits per heavy atom.